The molecular formula is C13H20N2O3S. The van der Waals surface area contributed by atoms with Gasteiger partial charge in [0.05, 0.1) is 18.0 Å². The molecule has 5 nitrogen and oxygen atoms in total. The molecule has 1 aliphatic carbocycles. The number of benzene rings is 1. The van der Waals surface area contributed by atoms with Crippen molar-refractivity contribution in [2.24, 2.45) is 0 Å². The molecular weight excluding hydrogens is 264 g/mol. The first-order chi connectivity index (χ1) is 9.11. The predicted molar refractivity (Wildman–Crippen MR) is 76.0 cm³/mol. The molecule has 0 amide bonds. The average molecular weight is 284 g/mol. The van der Waals surface area contributed by atoms with E-state index < -0.39 is 10.0 Å². The minimum atomic E-state index is -3.34. The van der Waals surface area contributed by atoms with Gasteiger partial charge in [-0.05, 0) is 31.9 Å². The highest BCUT2D eigenvalue weighted by Crippen LogP contribution is 2.24. The van der Waals surface area contributed by atoms with Crippen molar-refractivity contribution < 1.29 is 13.2 Å². The van der Waals surface area contributed by atoms with Crippen LogP contribution in [0.3, 0.4) is 0 Å². The van der Waals surface area contributed by atoms with Crippen LogP contribution in [0.25, 0.3) is 0 Å². The Kier molecular flexibility index (Phi) is 4.66. The molecule has 106 valence electrons. The van der Waals surface area contributed by atoms with E-state index in [4.69, 9.17) is 4.74 Å². The Bertz CT molecular complexity index is 512. The van der Waals surface area contributed by atoms with Gasteiger partial charge in [0.25, 0.3) is 0 Å². The van der Waals surface area contributed by atoms with E-state index in [9.17, 15) is 8.42 Å². The van der Waals surface area contributed by atoms with Crippen LogP contribution in [0.15, 0.2) is 24.3 Å². The monoisotopic (exact) mass is 284 g/mol. The normalized spacial score (nSPS) is 15.2. The largest absolute Gasteiger partial charge is 0.492 e. The summed E-state index contributed by atoms with van der Waals surface area (Å²) in [6, 6.07) is 7.58. The van der Waals surface area contributed by atoms with Crippen molar-refractivity contribution in [3.05, 3.63) is 24.3 Å². The Balaban J connectivity index is 1.93. The minimum Gasteiger partial charge on any atom is -0.492 e. The maximum atomic E-state index is 12.0. The first kappa shape index (κ1) is 14.1. The predicted octanol–water partition coefficient (Wildman–Crippen LogP) is 1.58. The van der Waals surface area contributed by atoms with Crippen LogP contribution in [0.4, 0.5) is 5.69 Å². The quantitative estimate of drug-likeness (QED) is 0.760. The van der Waals surface area contributed by atoms with E-state index >= 15 is 0 Å². The molecule has 0 atom stereocenters. The Labute approximate surface area is 114 Å². The molecule has 0 spiro atoms. The number of sulfonamides is 1. The summed E-state index contributed by atoms with van der Waals surface area (Å²) < 4.78 is 31.9. The third-order valence-electron chi connectivity index (χ3n) is 2.83. The molecule has 1 saturated carbocycles. The fourth-order valence-electron chi connectivity index (χ4n) is 1.74. The zero-order valence-electron chi connectivity index (χ0n) is 11.1. The zero-order chi connectivity index (χ0) is 13.7. The summed E-state index contributed by atoms with van der Waals surface area (Å²) in [5.41, 5.74) is 0.496. The molecule has 0 radical (unpaired) electrons. The lowest BCUT2D eigenvalue weighted by Gasteiger charge is -2.12. The molecule has 2 N–H and O–H groups in total. The van der Waals surface area contributed by atoms with Crippen LogP contribution in [-0.4, -0.2) is 33.4 Å². The molecule has 0 aromatic heterocycles. The first-order valence-electron chi connectivity index (χ1n) is 6.56. The van der Waals surface area contributed by atoms with Crippen LogP contribution >= 0.6 is 0 Å². The third-order valence-corrected chi connectivity index (χ3v) is 4.11. The van der Waals surface area contributed by atoms with E-state index in [1.165, 1.54) is 0 Å². The van der Waals surface area contributed by atoms with E-state index in [1.54, 1.807) is 18.2 Å². The lowest BCUT2D eigenvalue weighted by molar-refractivity contribution is 0.342. The van der Waals surface area contributed by atoms with Crippen LogP contribution in [0.5, 0.6) is 5.75 Å². The second kappa shape index (κ2) is 6.25. The number of anilines is 1. The van der Waals surface area contributed by atoms with Crippen LogP contribution in [0, 0.1) is 0 Å². The van der Waals surface area contributed by atoms with Gasteiger partial charge in [0.2, 0.25) is 10.0 Å². The Morgan fingerprint density at radius 2 is 2.05 bits per heavy atom. The molecule has 0 saturated heterocycles. The van der Waals surface area contributed by atoms with Gasteiger partial charge >= 0.3 is 0 Å². The maximum absolute atomic E-state index is 12.0. The lowest BCUT2D eigenvalue weighted by atomic mass is 10.3. The SMILES string of the molecule is CCOc1ccccc1NS(=O)(=O)CCNC1CC1. The smallest absolute Gasteiger partial charge is 0.234 e. The molecule has 0 heterocycles. The molecule has 1 aliphatic rings. The summed E-state index contributed by atoms with van der Waals surface area (Å²) in [5.74, 6) is 0.632. The van der Waals surface area contributed by atoms with Crippen molar-refractivity contribution in [3.8, 4) is 5.75 Å². The molecule has 19 heavy (non-hydrogen) atoms. The van der Waals surface area contributed by atoms with E-state index in [0.717, 1.165) is 12.8 Å². The number of nitrogens with one attached hydrogen (secondary N) is 2. The van der Waals surface area contributed by atoms with E-state index in [0.29, 0.717) is 30.6 Å². The van der Waals surface area contributed by atoms with Gasteiger partial charge in [-0.2, -0.15) is 0 Å². The molecule has 1 aromatic carbocycles. The van der Waals surface area contributed by atoms with E-state index in [1.807, 2.05) is 13.0 Å². The average Bonchev–Trinajstić information content (AvgIpc) is 3.15. The Morgan fingerprint density at radius 1 is 1.32 bits per heavy atom. The van der Waals surface area contributed by atoms with Gasteiger partial charge in [-0.1, -0.05) is 12.1 Å². The highest BCUT2D eigenvalue weighted by atomic mass is 32.2. The van der Waals surface area contributed by atoms with Gasteiger partial charge < -0.3 is 10.1 Å². The molecule has 0 aliphatic heterocycles. The second-order valence-electron chi connectivity index (χ2n) is 4.58. The van der Waals surface area contributed by atoms with Crippen molar-refractivity contribution in [1.82, 2.24) is 5.32 Å². The summed E-state index contributed by atoms with van der Waals surface area (Å²) in [7, 11) is -3.34. The fraction of sp³-hybridized carbons (Fsp3) is 0.538. The van der Waals surface area contributed by atoms with Crippen molar-refractivity contribution in [1.29, 1.82) is 0 Å². The highest BCUT2D eigenvalue weighted by molar-refractivity contribution is 7.92. The summed E-state index contributed by atoms with van der Waals surface area (Å²) in [5, 5.41) is 3.19. The molecule has 0 bridgehead atoms. The molecule has 1 aromatic rings. The van der Waals surface area contributed by atoms with Gasteiger partial charge in [0, 0.05) is 12.6 Å². The van der Waals surface area contributed by atoms with E-state index in [-0.39, 0.29) is 5.75 Å². The molecule has 0 unspecified atom stereocenters. The topological polar surface area (TPSA) is 67.4 Å². The lowest BCUT2D eigenvalue weighted by Crippen LogP contribution is -2.28. The first-order valence-corrected chi connectivity index (χ1v) is 8.21. The molecule has 6 heteroatoms. The molecule has 1 fully saturated rings. The summed E-state index contributed by atoms with van der Waals surface area (Å²) in [6.45, 7) is 2.85. The van der Waals surface area contributed by atoms with Crippen LogP contribution in [0.2, 0.25) is 0 Å². The zero-order valence-corrected chi connectivity index (χ0v) is 11.9. The summed E-state index contributed by atoms with van der Waals surface area (Å²) >= 11 is 0. The van der Waals surface area contributed by atoms with Gasteiger partial charge in [-0.25, -0.2) is 8.42 Å². The summed E-state index contributed by atoms with van der Waals surface area (Å²) in [6.07, 6.45) is 2.31. The van der Waals surface area contributed by atoms with Crippen LogP contribution < -0.4 is 14.8 Å². The number of para-hydroxylation sites is 2. The second-order valence-corrected chi connectivity index (χ2v) is 6.42. The minimum absolute atomic E-state index is 0.0734. The van der Waals surface area contributed by atoms with Gasteiger partial charge in [0.1, 0.15) is 5.75 Å². The number of hydrogen-bond acceptors (Lipinski definition) is 4. The van der Waals surface area contributed by atoms with E-state index in [2.05, 4.69) is 10.0 Å². The van der Waals surface area contributed by atoms with Gasteiger partial charge in [-0.15, -0.1) is 0 Å². The fourth-order valence-corrected chi connectivity index (χ4v) is 2.73. The number of rotatable bonds is 8. The number of hydrogen-bond donors (Lipinski definition) is 2. The van der Waals surface area contributed by atoms with Crippen molar-refractivity contribution in [3.63, 3.8) is 0 Å². The van der Waals surface area contributed by atoms with Crippen molar-refractivity contribution in [2.75, 3.05) is 23.6 Å². The number of ether oxygens (including phenoxy) is 1. The van der Waals surface area contributed by atoms with Gasteiger partial charge in [-0.3, -0.25) is 4.72 Å². The molecule has 2 rings (SSSR count). The summed E-state index contributed by atoms with van der Waals surface area (Å²) in [4.78, 5) is 0. The Hall–Kier alpha value is -1.27. The van der Waals surface area contributed by atoms with Crippen molar-refractivity contribution in [2.45, 2.75) is 25.8 Å². The van der Waals surface area contributed by atoms with Crippen molar-refractivity contribution >= 4 is 15.7 Å². The van der Waals surface area contributed by atoms with Gasteiger partial charge in [0.15, 0.2) is 0 Å². The maximum Gasteiger partial charge on any atom is 0.234 e. The Morgan fingerprint density at radius 3 is 2.74 bits per heavy atom. The third kappa shape index (κ3) is 4.72. The van der Waals surface area contributed by atoms with Crippen LogP contribution in [0.1, 0.15) is 19.8 Å². The van der Waals surface area contributed by atoms with Crippen LogP contribution in [-0.2, 0) is 10.0 Å². The standard InChI is InChI=1S/C13H20N2O3S/c1-2-18-13-6-4-3-5-12(13)15-19(16,17)10-9-14-11-7-8-11/h3-6,11,14-15H,2,7-10H2,1H3. The highest BCUT2D eigenvalue weighted by Gasteiger charge is 2.21.